The van der Waals surface area contributed by atoms with Crippen LogP contribution in [0.5, 0.6) is 0 Å². The first-order valence-corrected chi connectivity index (χ1v) is 8.18. The highest BCUT2D eigenvalue weighted by molar-refractivity contribution is 7.13. The van der Waals surface area contributed by atoms with Crippen molar-refractivity contribution in [1.29, 1.82) is 0 Å². The van der Waals surface area contributed by atoms with Gasteiger partial charge in [0, 0.05) is 18.1 Å². The molecular weight excluding hydrogens is 303 g/mol. The van der Waals surface area contributed by atoms with E-state index in [2.05, 4.69) is 20.2 Å². The molecule has 1 N–H and O–H groups in total. The molecule has 22 heavy (non-hydrogen) atoms. The number of hydrogen-bond donors (Lipinski definition) is 1. The zero-order valence-electron chi connectivity index (χ0n) is 12.1. The number of likely N-dealkylation sites (tertiary alicyclic amines) is 1. The van der Waals surface area contributed by atoms with Crippen LogP contribution in [0, 0.1) is 5.82 Å². The standard InChI is InChI=1S/C15H17FN4OS/c16-13-8-17-5-4-12(13)14(21)19-15-18-11(10-22-15)9-20-6-2-1-3-7-20/h4-5,8,10H,1-3,6-7,9H2,(H,18,19,21). The van der Waals surface area contributed by atoms with Crippen LogP contribution in [-0.2, 0) is 6.54 Å². The maximum absolute atomic E-state index is 13.5. The highest BCUT2D eigenvalue weighted by Crippen LogP contribution is 2.19. The van der Waals surface area contributed by atoms with Crippen LogP contribution in [0.15, 0.2) is 23.8 Å². The third kappa shape index (κ3) is 3.66. The number of nitrogens with zero attached hydrogens (tertiary/aromatic N) is 3. The Morgan fingerprint density at radius 1 is 1.36 bits per heavy atom. The van der Waals surface area contributed by atoms with Crippen LogP contribution in [0.3, 0.4) is 0 Å². The van der Waals surface area contributed by atoms with Crippen LogP contribution >= 0.6 is 11.3 Å². The van der Waals surface area contributed by atoms with Crippen LogP contribution in [-0.4, -0.2) is 33.9 Å². The van der Waals surface area contributed by atoms with Crippen molar-refractivity contribution >= 4 is 22.4 Å². The number of carbonyl (C=O) groups is 1. The molecule has 7 heteroatoms. The average molecular weight is 320 g/mol. The molecule has 0 spiro atoms. The van der Waals surface area contributed by atoms with E-state index in [-0.39, 0.29) is 5.56 Å². The molecule has 0 unspecified atom stereocenters. The van der Waals surface area contributed by atoms with Gasteiger partial charge in [0.1, 0.15) is 0 Å². The molecule has 1 fully saturated rings. The molecule has 0 saturated carbocycles. The summed E-state index contributed by atoms with van der Waals surface area (Å²) in [6.07, 6.45) is 6.18. The lowest BCUT2D eigenvalue weighted by Crippen LogP contribution is -2.29. The second kappa shape index (κ2) is 6.93. The van der Waals surface area contributed by atoms with E-state index in [0.29, 0.717) is 5.13 Å². The van der Waals surface area contributed by atoms with Crippen LogP contribution in [0.2, 0.25) is 0 Å². The normalized spacial score (nSPS) is 15.7. The Morgan fingerprint density at radius 2 is 2.18 bits per heavy atom. The van der Waals surface area contributed by atoms with Crippen molar-refractivity contribution in [1.82, 2.24) is 14.9 Å². The molecule has 2 aromatic heterocycles. The van der Waals surface area contributed by atoms with Gasteiger partial charge in [-0.3, -0.25) is 20.0 Å². The largest absolute Gasteiger partial charge is 0.298 e. The zero-order chi connectivity index (χ0) is 15.4. The number of halogens is 1. The van der Waals surface area contributed by atoms with Crippen LogP contribution < -0.4 is 5.32 Å². The fraction of sp³-hybridized carbons (Fsp3) is 0.400. The summed E-state index contributed by atoms with van der Waals surface area (Å²) in [5, 5.41) is 5.07. The van der Waals surface area contributed by atoms with E-state index >= 15 is 0 Å². The average Bonchev–Trinajstić information content (AvgIpc) is 2.95. The minimum atomic E-state index is -0.634. The van der Waals surface area contributed by atoms with Gasteiger partial charge in [-0.05, 0) is 32.0 Å². The topological polar surface area (TPSA) is 58.1 Å². The lowest BCUT2D eigenvalue weighted by atomic mass is 10.1. The first-order chi connectivity index (χ1) is 10.7. The van der Waals surface area contributed by atoms with E-state index in [1.165, 1.54) is 42.9 Å². The highest BCUT2D eigenvalue weighted by atomic mass is 32.1. The molecule has 1 aliphatic heterocycles. The number of anilines is 1. The second-order valence-corrected chi connectivity index (χ2v) is 6.15. The van der Waals surface area contributed by atoms with Gasteiger partial charge in [0.2, 0.25) is 0 Å². The first-order valence-electron chi connectivity index (χ1n) is 7.30. The predicted octanol–water partition coefficient (Wildman–Crippen LogP) is 2.92. The molecule has 0 aliphatic carbocycles. The lowest BCUT2D eigenvalue weighted by Gasteiger charge is -2.25. The molecule has 3 heterocycles. The number of hydrogen-bond acceptors (Lipinski definition) is 5. The molecule has 1 aliphatic rings. The van der Waals surface area contributed by atoms with Crippen molar-refractivity contribution in [2.45, 2.75) is 25.8 Å². The Balaban J connectivity index is 1.61. The Bertz CT molecular complexity index is 654. The van der Waals surface area contributed by atoms with E-state index in [9.17, 15) is 9.18 Å². The van der Waals surface area contributed by atoms with E-state index in [4.69, 9.17) is 0 Å². The smallest absolute Gasteiger partial charge is 0.260 e. The van der Waals surface area contributed by atoms with Crippen molar-refractivity contribution < 1.29 is 9.18 Å². The number of nitrogens with one attached hydrogen (secondary N) is 1. The maximum atomic E-state index is 13.5. The van der Waals surface area contributed by atoms with Crippen LogP contribution in [0.25, 0.3) is 0 Å². The van der Waals surface area contributed by atoms with Gasteiger partial charge in [0.05, 0.1) is 17.5 Å². The van der Waals surface area contributed by atoms with Crippen molar-refractivity contribution in [2.75, 3.05) is 18.4 Å². The quantitative estimate of drug-likeness (QED) is 0.941. The van der Waals surface area contributed by atoms with Gasteiger partial charge in [-0.25, -0.2) is 9.37 Å². The number of pyridine rings is 1. The van der Waals surface area contributed by atoms with Gasteiger partial charge in [-0.1, -0.05) is 6.42 Å². The summed E-state index contributed by atoms with van der Waals surface area (Å²) in [7, 11) is 0. The Kier molecular flexibility index (Phi) is 4.74. The van der Waals surface area contributed by atoms with Gasteiger partial charge in [-0.2, -0.15) is 0 Å². The minimum absolute atomic E-state index is 0.0252. The summed E-state index contributed by atoms with van der Waals surface area (Å²) in [4.78, 5) is 22.4. The monoisotopic (exact) mass is 320 g/mol. The lowest BCUT2D eigenvalue weighted by molar-refractivity contribution is 0.102. The molecule has 0 radical (unpaired) electrons. The number of piperidine rings is 1. The summed E-state index contributed by atoms with van der Waals surface area (Å²) in [6, 6.07) is 1.35. The highest BCUT2D eigenvalue weighted by Gasteiger charge is 2.15. The maximum Gasteiger partial charge on any atom is 0.260 e. The number of aromatic nitrogens is 2. The fourth-order valence-corrected chi connectivity index (χ4v) is 3.20. The van der Waals surface area contributed by atoms with Crippen molar-refractivity contribution in [2.24, 2.45) is 0 Å². The number of carbonyl (C=O) groups excluding carboxylic acids is 1. The summed E-state index contributed by atoms with van der Waals surface area (Å²) < 4.78 is 13.5. The third-order valence-electron chi connectivity index (χ3n) is 3.62. The van der Waals surface area contributed by atoms with E-state index in [1.54, 1.807) is 0 Å². The molecule has 116 valence electrons. The fourth-order valence-electron chi connectivity index (χ4n) is 2.51. The molecule has 0 bridgehead atoms. The molecule has 2 aromatic rings. The predicted molar refractivity (Wildman–Crippen MR) is 83.4 cm³/mol. The van der Waals surface area contributed by atoms with Crippen molar-refractivity contribution in [3.63, 3.8) is 0 Å². The van der Waals surface area contributed by atoms with E-state index in [0.717, 1.165) is 31.5 Å². The van der Waals surface area contributed by atoms with Gasteiger partial charge >= 0.3 is 0 Å². The van der Waals surface area contributed by atoms with Crippen molar-refractivity contribution in [3.8, 4) is 0 Å². The SMILES string of the molecule is O=C(Nc1nc(CN2CCCCC2)cs1)c1ccncc1F. The molecule has 1 saturated heterocycles. The first kappa shape index (κ1) is 15.1. The number of amides is 1. The Hall–Kier alpha value is -1.86. The molecule has 0 atom stereocenters. The van der Waals surface area contributed by atoms with Gasteiger partial charge in [-0.15, -0.1) is 11.3 Å². The number of rotatable bonds is 4. The minimum Gasteiger partial charge on any atom is -0.298 e. The molecule has 0 aromatic carbocycles. The van der Waals surface area contributed by atoms with Gasteiger partial charge in [0.25, 0.3) is 5.91 Å². The van der Waals surface area contributed by atoms with Crippen LogP contribution in [0.4, 0.5) is 9.52 Å². The summed E-state index contributed by atoms with van der Waals surface area (Å²) in [5.41, 5.74) is 0.917. The summed E-state index contributed by atoms with van der Waals surface area (Å²) in [6.45, 7) is 3.00. The third-order valence-corrected chi connectivity index (χ3v) is 4.43. The van der Waals surface area contributed by atoms with Gasteiger partial charge in [0.15, 0.2) is 10.9 Å². The van der Waals surface area contributed by atoms with E-state index < -0.39 is 11.7 Å². The van der Waals surface area contributed by atoms with Crippen LogP contribution in [0.1, 0.15) is 35.3 Å². The number of thiazole rings is 1. The molecule has 5 nitrogen and oxygen atoms in total. The summed E-state index contributed by atoms with van der Waals surface area (Å²) >= 11 is 1.36. The van der Waals surface area contributed by atoms with Crippen molar-refractivity contribution in [3.05, 3.63) is 40.9 Å². The van der Waals surface area contributed by atoms with Gasteiger partial charge < -0.3 is 0 Å². The molecule has 3 rings (SSSR count). The zero-order valence-corrected chi connectivity index (χ0v) is 12.9. The Morgan fingerprint density at radius 3 is 2.95 bits per heavy atom. The Labute approximate surface area is 132 Å². The second-order valence-electron chi connectivity index (χ2n) is 5.29. The summed E-state index contributed by atoms with van der Waals surface area (Å²) in [5.74, 6) is -1.14. The molecule has 1 amide bonds. The molecular formula is C15H17FN4OS. The van der Waals surface area contributed by atoms with E-state index in [1.807, 2.05) is 5.38 Å².